The summed E-state index contributed by atoms with van der Waals surface area (Å²) in [6.45, 7) is 1.09. The zero-order chi connectivity index (χ0) is 20.7. The molecule has 1 aliphatic heterocycles. The number of carbonyl (C=O) groups is 1. The first kappa shape index (κ1) is 19.7. The molecule has 1 aromatic carbocycles. The maximum Gasteiger partial charge on any atom is 0.254 e. The summed E-state index contributed by atoms with van der Waals surface area (Å²) in [5, 5.41) is 2.68. The largest absolute Gasteiger partial charge is 0.339 e. The van der Waals surface area contributed by atoms with Crippen molar-refractivity contribution in [2.45, 2.75) is 42.4 Å². The van der Waals surface area contributed by atoms with Crippen molar-refractivity contribution in [2.75, 3.05) is 13.1 Å². The fourth-order valence-corrected chi connectivity index (χ4v) is 6.82. The number of para-hydroxylation sites is 1. The molecular formula is C22H23N3O3S2. The van der Waals surface area contributed by atoms with Crippen LogP contribution in [0.3, 0.4) is 0 Å². The Bertz CT molecular complexity index is 1200. The Labute approximate surface area is 180 Å². The van der Waals surface area contributed by atoms with Gasteiger partial charge < -0.3 is 4.90 Å². The Morgan fingerprint density at radius 1 is 1.10 bits per heavy atom. The molecule has 0 saturated carbocycles. The van der Waals surface area contributed by atoms with Crippen LogP contribution in [0.2, 0.25) is 0 Å². The number of nitrogens with one attached hydrogen (secondary N) is 1. The van der Waals surface area contributed by atoms with Gasteiger partial charge in [0.05, 0.1) is 11.1 Å². The van der Waals surface area contributed by atoms with Crippen molar-refractivity contribution in [1.82, 2.24) is 14.6 Å². The zero-order valence-corrected chi connectivity index (χ0v) is 18.1. The van der Waals surface area contributed by atoms with E-state index in [-0.39, 0.29) is 11.9 Å². The van der Waals surface area contributed by atoms with Crippen molar-refractivity contribution < 1.29 is 13.2 Å². The molecule has 6 nitrogen and oxygen atoms in total. The highest BCUT2D eigenvalue weighted by molar-refractivity contribution is 7.91. The summed E-state index contributed by atoms with van der Waals surface area (Å²) in [4.78, 5) is 20.2. The number of hydrogen-bond donors (Lipinski definition) is 1. The van der Waals surface area contributed by atoms with Gasteiger partial charge in [-0.25, -0.2) is 13.1 Å². The second-order valence-corrected chi connectivity index (χ2v) is 10.8. The molecule has 156 valence electrons. The normalized spacial score (nSPS) is 17.4. The van der Waals surface area contributed by atoms with Gasteiger partial charge in [-0.05, 0) is 55.2 Å². The molecule has 2 aromatic heterocycles. The number of rotatable bonds is 4. The molecular weight excluding hydrogens is 418 g/mol. The van der Waals surface area contributed by atoms with E-state index in [0.29, 0.717) is 30.1 Å². The SMILES string of the molecule is O=C(c1c2c(nc3ccccc13)CCC2)N1CCC(NS(=O)(=O)c2cccs2)CC1. The lowest BCUT2D eigenvalue weighted by Crippen LogP contribution is -2.46. The maximum atomic E-state index is 13.5. The van der Waals surface area contributed by atoms with E-state index in [0.717, 1.165) is 47.0 Å². The summed E-state index contributed by atoms with van der Waals surface area (Å²) >= 11 is 1.21. The lowest BCUT2D eigenvalue weighted by Gasteiger charge is -2.33. The molecule has 0 bridgehead atoms. The number of pyridine rings is 1. The van der Waals surface area contributed by atoms with Gasteiger partial charge >= 0.3 is 0 Å². The number of carbonyl (C=O) groups excluding carboxylic acids is 1. The molecule has 0 spiro atoms. The Kier molecular flexibility index (Phi) is 5.08. The van der Waals surface area contributed by atoms with Crippen molar-refractivity contribution >= 4 is 38.2 Å². The van der Waals surface area contributed by atoms with Gasteiger partial charge in [-0.3, -0.25) is 9.78 Å². The van der Waals surface area contributed by atoms with Crippen LogP contribution in [0.5, 0.6) is 0 Å². The summed E-state index contributed by atoms with van der Waals surface area (Å²) in [7, 11) is -3.49. The number of benzene rings is 1. The highest BCUT2D eigenvalue weighted by Crippen LogP contribution is 2.31. The fourth-order valence-electron chi connectivity index (χ4n) is 4.51. The van der Waals surface area contributed by atoms with Gasteiger partial charge in [-0.2, -0.15) is 0 Å². The number of piperidine rings is 1. The van der Waals surface area contributed by atoms with Crippen LogP contribution >= 0.6 is 11.3 Å². The molecule has 1 fully saturated rings. The number of thiophene rings is 1. The van der Waals surface area contributed by atoms with Crippen LogP contribution in [0.15, 0.2) is 46.0 Å². The average molecular weight is 442 g/mol. The number of sulfonamides is 1. The van der Waals surface area contributed by atoms with Crippen LogP contribution in [0.4, 0.5) is 0 Å². The second kappa shape index (κ2) is 7.76. The fraction of sp³-hybridized carbons (Fsp3) is 0.364. The first-order valence-electron chi connectivity index (χ1n) is 10.3. The van der Waals surface area contributed by atoms with Crippen molar-refractivity contribution in [3.63, 3.8) is 0 Å². The number of aromatic nitrogens is 1. The summed E-state index contributed by atoms with van der Waals surface area (Å²) in [6.07, 6.45) is 4.08. The van der Waals surface area contributed by atoms with Crippen molar-refractivity contribution in [1.29, 1.82) is 0 Å². The third kappa shape index (κ3) is 3.53. The van der Waals surface area contributed by atoms with E-state index < -0.39 is 10.0 Å². The molecule has 1 saturated heterocycles. The predicted octanol–water partition coefficient (Wildman–Crippen LogP) is 3.37. The summed E-state index contributed by atoms with van der Waals surface area (Å²) in [5.74, 6) is 0.0475. The van der Waals surface area contributed by atoms with Crippen LogP contribution < -0.4 is 4.72 Å². The quantitative estimate of drug-likeness (QED) is 0.673. The number of amides is 1. The number of fused-ring (bicyclic) bond motifs is 2. The summed E-state index contributed by atoms with van der Waals surface area (Å²) in [6, 6.07) is 11.1. The van der Waals surface area contributed by atoms with E-state index in [1.807, 2.05) is 29.2 Å². The second-order valence-electron chi connectivity index (χ2n) is 7.90. The first-order chi connectivity index (χ1) is 14.5. The van der Waals surface area contributed by atoms with E-state index >= 15 is 0 Å². The van der Waals surface area contributed by atoms with E-state index in [9.17, 15) is 13.2 Å². The van der Waals surface area contributed by atoms with E-state index in [1.165, 1.54) is 11.3 Å². The topological polar surface area (TPSA) is 79.4 Å². The standard InChI is InChI=1S/C22H23N3O3S2/c26-22(21-16-5-1-2-7-18(16)23-19-8-3-6-17(19)21)25-12-10-15(11-13-25)24-30(27,28)20-9-4-14-29-20/h1-2,4-5,7,9,14-15,24H,3,6,8,10-13H2. The minimum Gasteiger partial charge on any atom is -0.339 e. The van der Waals surface area contributed by atoms with Gasteiger partial charge in [0.25, 0.3) is 5.91 Å². The molecule has 0 unspecified atom stereocenters. The molecule has 0 atom stereocenters. The molecule has 2 aliphatic rings. The number of aryl methyl sites for hydroxylation is 1. The van der Waals surface area contributed by atoms with Crippen molar-refractivity contribution in [2.24, 2.45) is 0 Å². The molecule has 0 radical (unpaired) electrons. The Morgan fingerprint density at radius 3 is 2.67 bits per heavy atom. The molecule has 8 heteroatoms. The minimum absolute atomic E-state index is 0.0475. The Balaban J connectivity index is 1.35. The van der Waals surface area contributed by atoms with E-state index in [2.05, 4.69) is 4.72 Å². The van der Waals surface area contributed by atoms with E-state index in [4.69, 9.17) is 4.98 Å². The smallest absolute Gasteiger partial charge is 0.254 e. The monoisotopic (exact) mass is 441 g/mol. The van der Waals surface area contributed by atoms with Crippen LogP contribution in [0, 0.1) is 0 Å². The predicted molar refractivity (Wildman–Crippen MR) is 117 cm³/mol. The van der Waals surface area contributed by atoms with Crippen LogP contribution in [-0.2, 0) is 22.9 Å². The van der Waals surface area contributed by atoms with Crippen molar-refractivity contribution in [3.05, 3.63) is 58.6 Å². The lowest BCUT2D eigenvalue weighted by atomic mass is 9.98. The van der Waals surface area contributed by atoms with Crippen molar-refractivity contribution in [3.8, 4) is 0 Å². The number of likely N-dealkylation sites (tertiary alicyclic amines) is 1. The lowest BCUT2D eigenvalue weighted by molar-refractivity contribution is 0.0712. The van der Waals surface area contributed by atoms with Gasteiger partial charge in [0.2, 0.25) is 10.0 Å². The Morgan fingerprint density at radius 2 is 1.90 bits per heavy atom. The van der Waals surface area contributed by atoms with Gasteiger partial charge in [0, 0.05) is 30.2 Å². The molecule has 3 aromatic rings. The van der Waals surface area contributed by atoms with Crippen LogP contribution in [0.1, 0.15) is 40.9 Å². The number of hydrogen-bond acceptors (Lipinski definition) is 5. The molecule has 1 aliphatic carbocycles. The highest BCUT2D eigenvalue weighted by Gasteiger charge is 2.31. The zero-order valence-electron chi connectivity index (χ0n) is 16.5. The first-order valence-corrected chi connectivity index (χ1v) is 12.6. The molecule has 3 heterocycles. The Hall–Kier alpha value is -2.29. The molecule has 30 heavy (non-hydrogen) atoms. The molecule has 1 N–H and O–H groups in total. The minimum atomic E-state index is -3.49. The molecule has 5 rings (SSSR count). The van der Waals surface area contributed by atoms with Gasteiger partial charge in [-0.1, -0.05) is 24.3 Å². The van der Waals surface area contributed by atoms with Gasteiger partial charge in [0.15, 0.2) is 0 Å². The van der Waals surface area contributed by atoms with E-state index in [1.54, 1.807) is 17.5 Å². The summed E-state index contributed by atoms with van der Waals surface area (Å²) in [5.41, 5.74) is 3.82. The average Bonchev–Trinajstić information content (AvgIpc) is 3.44. The van der Waals surface area contributed by atoms with Crippen LogP contribution in [-0.4, -0.2) is 43.3 Å². The number of nitrogens with zero attached hydrogens (tertiary/aromatic N) is 2. The highest BCUT2D eigenvalue weighted by atomic mass is 32.2. The molecule has 1 amide bonds. The maximum absolute atomic E-state index is 13.5. The van der Waals surface area contributed by atoms with Crippen LogP contribution in [0.25, 0.3) is 10.9 Å². The third-order valence-electron chi connectivity index (χ3n) is 6.00. The third-order valence-corrected chi connectivity index (χ3v) is 8.92. The summed E-state index contributed by atoms with van der Waals surface area (Å²) < 4.78 is 28.1. The van der Waals surface area contributed by atoms with Gasteiger partial charge in [-0.15, -0.1) is 11.3 Å². The van der Waals surface area contributed by atoms with Gasteiger partial charge in [0.1, 0.15) is 4.21 Å².